The van der Waals surface area contributed by atoms with Crippen molar-refractivity contribution in [1.82, 2.24) is 14.8 Å². The summed E-state index contributed by atoms with van der Waals surface area (Å²) in [7, 11) is 0. The number of nitrogens with two attached hydrogens (primary N) is 1. The largest absolute Gasteiger partial charge is 0.398 e. The summed E-state index contributed by atoms with van der Waals surface area (Å²) < 4.78 is 1.94. The molecular formula is C12H16N4. The smallest absolute Gasteiger partial charge is 0.0673 e. The van der Waals surface area contributed by atoms with Gasteiger partial charge >= 0.3 is 0 Å². The van der Waals surface area contributed by atoms with Crippen molar-refractivity contribution in [3.05, 3.63) is 30.4 Å². The molecule has 0 bridgehead atoms. The van der Waals surface area contributed by atoms with Crippen LogP contribution in [0.25, 0.3) is 11.1 Å². The van der Waals surface area contributed by atoms with E-state index in [-0.39, 0.29) is 0 Å². The van der Waals surface area contributed by atoms with E-state index in [0.29, 0.717) is 6.04 Å². The van der Waals surface area contributed by atoms with E-state index >= 15 is 0 Å². The molecule has 0 saturated carbocycles. The Labute approximate surface area is 95.1 Å². The molecule has 0 aromatic carbocycles. The van der Waals surface area contributed by atoms with Crippen LogP contribution >= 0.6 is 0 Å². The molecule has 2 heterocycles. The second-order valence-corrected chi connectivity index (χ2v) is 4.16. The first-order valence-electron chi connectivity index (χ1n) is 5.35. The summed E-state index contributed by atoms with van der Waals surface area (Å²) in [5, 5.41) is 4.46. The zero-order valence-electron chi connectivity index (χ0n) is 9.81. The summed E-state index contributed by atoms with van der Waals surface area (Å²) in [6, 6.07) is 2.16. The lowest BCUT2D eigenvalue weighted by molar-refractivity contribution is 0.529. The predicted octanol–water partition coefficient (Wildman–Crippen LogP) is 2.42. The van der Waals surface area contributed by atoms with Crippen LogP contribution in [0.2, 0.25) is 0 Å². The van der Waals surface area contributed by atoms with Crippen molar-refractivity contribution in [1.29, 1.82) is 0 Å². The van der Waals surface area contributed by atoms with Gasteiger partial charge in [-0.1, -0.05) is 0 Å². The Morgan fingerprint density at radius 3 is 2.62 bits per heavy atom. The molecule has 0 aliphatic carbocycles. The highest BCUT2D eigenvalue weighted by Gasteiger charge is 2.11. The Balaban J connectivity index is 2.52. The number of nitrogen functional groups attached to an aromatic ring is 1. The van der Waals surface area contributed by atoms with Crippen molar-refractivity contribution in [2.24, 2.45) is 0 Å². The van der Waals surface area contributed by atoms with E-state index in [1.165, 1.54) is 0 Å². The number of hydrogen-bond acceptors (Lipinski definition) is 3. The van der Waals surface area contributed by atoms with Gasteiger partial charge in [-0.2, -0.15) is 5.10 Å². The monoisotopic (exact) mass is 216 g/mol. The summed E-state index contributed by atoms with van der Waals surface area (Å²) in [4.78, 5) is 4.10. The van der Waals surface area contributed by atoms with Crippen LogP contribution in [0.4, 0.5) is 5.69 Å². The van der Waals surface area contributed by atoms with E-state index in [1.807, 2.05) is 23.9 Å². The normalized spacial score (nSPS) is 11.0. The second kappa shape index (κ2) is 3.96. The van der Waals surface area contributed by atoms with Gasteiger partial charge in [0.05, 0.1) is 5.69 Å². The maximum Gasteiger partial charge on any atom is 0.0673 e. The van der Waals surface area contributed by atoms with Crippen LogP contribution in [-0.4, -0.2) is 14.8 Å². The molecule has 16 heavy (non-hydrogen) atoms. The van der Waals surface area contributed by atoms with E-state index < -0.39 is 0 Å². The summed E-state index contributed by atoms with van der Waals surface area (Å²) in [5.74, 6) is 0. The van der Waals surface area contributed by atoms with Gasteiger partial charge in [0.25, 0.3) is 0 Å². The summed E-state index contributed by atoms with van der Waals surface area (Å²) >= 11 is 0. The quantitative estimate of drug-likeness (QED) is 0.838. The van der Waals surface area contributed by atoms with Crippen molar-refractivity contribution in [3.63, 3.8) is 0 Å². The first kappa shape index (κ1) is 10.7. The summed E-state index contributed by atoms with van der Waals surface area (Å²) in [6.45, 7) is 6.19. The van der Waals surface area contributed by atoms with Crippen LogP contribution in [-0.2, 0) is 0 Å². The van der Waals surface area contributed by atoms with Crippen molar-refractivity contribution in [2.75, 3.05) is 5.73 Å². The minimum absolute atomic E-state index is 0.352. The van der Waals surface area contributed by atoms with E-state index in [0.717, 1.165) is 22.5 Å². The van der Waals surface area contributed by atoms with Gasteiger partial charge in [0, 0.05) is 41.4 Å². The molecule has 2 N–H and O–H groups in total. The second-order valence-electron chi connectivity index (χ2n) is 4.16. The van der Waals surface area contributed by atoms with Gasteiger partial charge < -0.3 is 5.73 Å². The Kier molecular flexibility index (Phi) is 2.64. The van der Waals surface area contributed by atoms with E-state index in [1.54, 1.807) is 12.4 Å². The van der Waals surface area contributed by atoms with E-state index in [2.05, 4.69) is 23.9 Å². The molecular weight excluding hydrogens is 200 g/mol. The highest BCUT2D eigenvalue weighted by molar-refractivity contribution is 5.76. The summed E-state index contributed by atoms with van der Waals surface area (Å²) in [6.07, 6.45) is 5.50. The summed E-state index contributed by atoms with van der Waals surface area (Å²) in [5.41, 5.74) is 9.65. The SMILES string of the molecule is Cc1nn(C(C)C)cc1-c1cnccc1N. The molecule has 0 saturated heterocycles. The lowest BCUT2D eigenvalue weighted by Crippen LogP contribution is -2.00. The van der Waals surface area contributed by atoms with Gasteiger partial charge in [0.1, 0.15) is 0 Å². The molecule has 0 radical (unpaired) electrons. The van der Waals surface area contributed by atoms with Gasteiger partial charge in [-0.15, -0.1) is 0 Å². The molecule has 0 atom stereocenters. The fraction of sp³-hybridized carbons (Fsp3) is 0.333. The standard InChI is InChI=1S/C12H16N4/c1-8(2)16-7-11(9(3)15-16)10-6-14-5-4-12(10)13/h4-8H,1-3H3,(H2,13,14). The van der Waals surface area contributed by atoms with E-state index in [4.69, 9.17) is 5.73 Å². The van der Waals surface area contributed by atoms with Crippen molar-refractivity contribution in [3.8, 4) is 11.1 Å². The van der Waals surface area contributed by atoms with Gasteiger partial charge in [-0.05, 0) is 26.8 Å². The van der Waals surface area contributed by atoms with Crippen LogP contribution in [0.5, 0.6) is 0 Å². The highest BCUT2D eigenvalue weighted by atomic mass is 15.3. The number of aryl methyl sites for hydroxylation is 1. The predicted molar refractivity (Wildman–Crippen MR) is 65.0 cm³/mol. The molecule has 0 amide bonds. The molecule has 4 heteroatoms. The van der Waals surface area contributed by atoms with Gasteiger partial charge in [-0.25, -0.2) is 0 Å². The molecule has 0 unspecified atom stereocenters. The molecule has 2 rings (SSSR count). The third-order valence-electron chi connectivity index (χ3n) is 2.59. The Morgan fingerprint density at radius 2 is 2.06 bits per heavy atom. The molecule has 0 fully saturated rings. The minimum Gasteiger partial charge on any atom is -0.398 e. The molecule has 4 nitrogen and oxygen atoms in total. The fourth-order valence-corrected chi connectivity index (χ4v) is 1.64. The van der Waals surface area contributed by atoms with Crippen molar-refractivity contribution >= 4 is 5.69 Å². The highest BCUT2D eigenvalue weighted by Crippen LogP contribution is 2.27. The topological polar surface area (TPSA) is 56.7 Å². The first-order valence-corrected chi connectivity index (χ1v) is 5.35. The van der Waals surface area contributed by atoms with Crippen LogP contribution in [0, 0.1) is 6.92 Å². The van der Waals surface area contributed by atoms with Gasteiger partial charge in [0.15, 0.2) is 0 Å². The Bertz CT molecular complexity index is 499. The maximum atomic E-state index is 5.93. The van der Waals surface area contributed by atoms with Crippen molar-refractivity contribution < 1.29 is 0 Å². The fourth-order valence-electron chi connectivity index (χ4n) is 1.64. The molecule has 0 aliphatic heterocycles. The average Bonchev–Trinajstić information content (AvgIpc) is 2.61. The number of aromatic nitrogens is 3. The molecule has 2 aromatic rings. The lowest BCUT2D eigenvalue weighted by Gasteiger charge is -2.03. The number of anilines is 1. The Morgan fingerprint density at radius 1 is 1.31 bits per heavy atom. The average molecular weight is 216 g/mol. The molecule has 2 aromatic heterocycles. The number of nitrogens with zero attached hydrogens (tertiary/aromatic N) is 3. The molecule has 84 valence electrons. The first-order chi connectivity index (χ1) is 7.59. The van der Waals surface area contributed by atoms with Gasteiger partial charge in [0.2, 0.25) is 0 Å². The number of rotatable bonds is 2. The molecule has 0 spiro atoms. The van der Waals surface area contributed by atoms with Crippen molar-refractivity contribution in [2.45, 2.75) is 26.8 Å². The van der Waals surface area contributed by atoms with Gasteiger partial charge in [-0.3, -0.25) is 9.67 Å². The number of pyridine rings is 1. The lowest BCUT2D eigenvalue weighted by atomic mass is 10.1. The van der Waals surface area contributed by atoms with Crippen LogP contribution < -0.4 is 5.73 Å². The van der Waals surface area contributed by atoms with Crippen LogP contribution in [0.1, 0.15) is 25.6 Å². The Hall–Kier alpha value is -1.84. The minimum atomic E-state index is 0.352. The van der Waals surface area contributed by atoms with Crippen LogP contribution in [0.15, 0.2) is 24.7 Å². The maximum absolute atomic E-state index is 5.93. The zero-order valence-corrected chi connectivity index (χ0v) is 9.81. The third-order valence-corrected chi connectivity index (χ3v) is 2.59. The van der Waals surface area contributed by atoms with E-state index in [9.17, 15) is 0 Å². The van der Waals surface area contributed by atoms with Crippen LogP contribution in [0.3, 0.4) is 0 Å². The number of hydrogen-bond donors (Lipinski definition) is 1. The third kappa shape index (κ3) is 1.78. The zero-order chi connectivity index (χ0) is 11.7. The molecule has 0 aliphatic rings.